The molecule has 1 aliphatic rings. The zero-order valence-electron chi connectivity index (χ0n) is 17.3. The molecule has 0 bridgehead atoms. The number of rotatable bonds is 5. The average molecular weight is 447 g/mol. The van der Waals surface area contributed by atoms with Crippen LogP contribution in [0.25, 0.3) is 11.5 Å². The second-order valence-corrected chi connectivity index (χ2v) is 7.66. The quantitative estimate of drug-likeness (QED) is 0.616. The number of alkyl halides is 3. The molecule has 32 heavy (non-hydrogen) atoms. The number of aromatic nitrogens is 5. The van der Waals surface area contributed by atoms with E-state index >= 15 is 0 Å². The van der Waals surface area contributed by atoms with Crippen molar-refractivity contribution in [1.29, 1.82) is 0 Å². The largest absolute Gasteiger partial charge is 0.573 e. The minimum absolute atomic E-state index is 0.0686. The summed E-state index contributed by atoms with van der Waals surface area (Å²) in [6, 6.07) is 2.18. The fourth-order valence-corrected chi connectivity index (χ4v) is 3.56. The van der Waals surface area contributed by atoms with Crippen LogP contribution in [0.2, 0.25) is 0 Å². The van der Waals surface area contributed by atoms with Crippen LogP contribution in [-0.4, -0.2) is 37.0 Å². The fourth-order valence-electron chi connectivity index (χ4n) is 3.56. The van der Waals surface area contributed by atoms with Crippen molar-refractivity contribution >= 4 is 11.6 Å². The molecule has 1 amide bonds. The summed E-state index contributed by atoms with van der Waals surface area (Å²) in [4.78, 5) is 26.0. The van der Waals surface area contributed by atoms with Gasteiger partial charge in [-0.05, 0) is 37.8 Å². The Hall–Kier alpha value is -3.54. The molecule has 0 saturated heterocycles. The van der Waals surface area contributed by atoms with Crippen LogP contribution in [-0.2, 0) is 30.2 Å². The van der Waals surface area contributed by atoms with E-state index in [1.807, 2.05) is 0 Å². The maximum atomic E-state index is 13.0. The van der Waals surface area contributed by atoms with E-state index in [1.165, 1.54) is 24.0 Å². The first-order valence-electron chi connectivity index (χ1n) is 9.74. The van der Waals surface area contributed by atoms with Crippen molar-refractivity contribution in [1.82, 2.24) is 24.7 Å². The van der Waals surface area contributed by atoms with Crippen molar-refractivity contribution in [3.63, 3.8) is 0 Å². The zero-order chi connectivity index (χ0) is 23.1. The molecule has 1 atom stereocenters. The third kappa shape index (κ3) is 4.40. The molecule has 1 aliphatic carbocycles. The van der Waals surface area contributed by atoms with Crippen molar-refractivity contribution in [2.45, 2.75) is 38.1 Å². The number of nitrogens with one attached hydrogen (secondary N) is 1. The van der Waals surface area contributed by atoms with Gasteiger partial charge in [0.1, 0.15) is 17.0 Å². The fraction of sp³-hybridized carbons (Fsp3) is 0.350. The number of carbonyl (C=O) groups is 1. The van der Waals surface area contributed by atoms with Crippen LogP contribution in [0.3, 0.4) is 0 Å². The molecule has 168 valence electrons. The van der Waals surface area contributed by atoms with E-state index in [2.05, 4.69) is 30.1 Å². The molecule has 0 radical (unpaired) electrons. The summed E-state index contributed by atoms with van der Waals surface area (Å²) >= 11 is 0. The van der Waals surface area contributed by atoms with E-state index in [1.54, 1.807) is 13.2 Å². The van der Waals surface area contributed by atoms with Gasteiger partial charge in [-0.3, -0.25) is 14.5 Å². The van der Waals surface area contributed by atoms with E-state index < -0.39 is 23.6 Å². The minimum atomic E-state index is -4.84. The molecular weight excluding hydrogens is 427 g/mol. The Morgan fingerprint density at radius 3 is 2.75 bits per heavy atom. The molecule has 12 heteroatoms. The maximum Gasteiger partial charge on any atom is 0.573 e. The van der Waals surface area contributed by atoms with Gasteiger partial charge in [0.05, 0.1) is 17.6 Å². The van der Waals surface area contributed by atoms with E-state index in [-0.39, 0.29) is 11.5 Å². The number of pyridine rings is 1. The molecule has 0 saturated carbocycles. The molecule has 0 aliphatic heterocycles. The molecule has 0 spiro atoms. The molecule has 3 aromatic rings. The lowest BCUT2D eigenvalue weighted by Gasteiger charge is -2.25. The average Bonchev–Trinajstić information content (AvgIpc) is 3.34. The molecule has 0 fully saturated rings. The van der Waals surface area contributed by atoms with Crippen molar-refractivity contribution in [2.75, 3.05) is 5.32 Å². The first-order chi connectivity index (χ1) is 15.0. The summed E-state index contributed by atoms with van der Waals surface area (Å²) in [5, 5.41) is 6.72. The van der Waals surface area contributed by atoms with Gasteiger partial charge in [0.15, 0.2) is 5.82 Å². The van der Waals surface area contributed by atoms with E-state index in [0.717, 1.165) is 24.1 Å². The van der Waals surface area contributed by atoms with Crippen LogP contribution in [0.1, 0.15) is 30.3 Å². The Labute approximate surface area is 180 Å². The zero-order valence-corrected chi connectivity index (χ0v) is 17.3. The van der Waals surface area contributed by atoms with Crippen LogP contribution in [0.4, 0.5) is 18.9 Å². The Bertz CT molecular complexity index is 1170. The van der Waals surface area contributed by atoms with Crippen molar-refractivity contribution < 1.29 is 22.7 Å². The van der Waals surface area contributed by atoms with Gasteiger partial charge >= 0.3 is 6.36 Å². The number of aryl methyl sites for hydroxylation is 2. The van der Waals surface area contributed by atoms with Crippen LogP contribution in [0.15, 0.2) is 30.7 Å². The van der Waals surface area contributed by atoms with Gasteiger partial charge in [-0.2, -0.15) is 5.10 Å². The van der Waals surface area contributed by atoms with Crippen LogP contribution >= 0.6 is 0 Å². The van der Waals surface area contributed by atoms with Crippen LogP contribution in [0, 0.1) is 0 Å². The topological polar surface area (TPSA) is 121 Å². The number of hydrogen-bond donors (Lipinski definition) is 2. The maximum absolute atomic E-state index is 13.0. The highest BCUT2D eigenvalue weighted by Crippen LogP contribution is 2.32. The number of halogens is 3. The first-order valence-corrected chi connectivity index (χ1v) is 9.74. The Morgan fingerprint density at radius 2 is 2.06 bits per heavy atom. The molecule has 3 heterocycles. The second-order valence-electron chi connectivity index (χ2n) is 7.66. The van der Waals surface area contributed by atoms with Gasteiger partial charge < -0.3 is 15.8 Å². The number of fused-ring (bicyclic) bond motifs is 1. The molecule has 0 aromatic carbocycles. The lowest BCUT2D eigenvalue weighted by atomic mass is 9.92. The lowest BCUT2D eigenvalue weighted by Crippen LogP contribution is -2.47. The van der Waals surface area contributed by atoms with E-state index in [4.69, 9.17) is 5.73 Å². The highest BCUT2D eigenvalue weighted by Gasteiger charge is 2.38. The van der Waals surface area contributed by atoms with Gasteiger partial charge in [-0.25, -0.2) is 9.97 Å². The summed E-state index contributed by atoms with van der Waals surface area (Å²) in [6.07, 6.45) is 1.51. The summed E-state index contributed by atoms with van der Waals surface area (Å²) < 4.78 is 43.3. The normalized spacial score (nSPS) is 15.2. The smallest absolute Gasteiger partial charge is 0.406 e. The van der Waals surface area contributed by atoms with Gasteiger partial charge in [-0.15, -0.1) is 13.2 Å². The summed E-state index contributed by atoms with van der Waals surface area (Å²) in [6.45, 7) is 1.53. The van der Waals surface area contributed by atoms with Gasteiger partial charge in [-0.1, -0.05) is 0 Å². The third-order valence-corrected chi connectivity index (χ3v) is 5.05. The number of nitrogens with two attached hydrogens (primary N) is 1. The number of hydrogen-bond acceptors (Lipinski definition) is 7. The predicted octanol–water partition coefficient (Wildman–Crippen LogP) is 2.47. The number of amides is 1. The summed E-state index contributed by atoms with van der Waals surface area (Å²) in [5.74, 6) is -0.886. The van der Waals surface area contributed by atoms with E-state index in [9.17, 15) is 18.0 Å². The third-order valence-electron chi connectivity index (χ3n) is 5.05. The molecule has 3 N–H and O–H groups in total. The molecular formula is C20H20F3N7O2. The molecule has 4 rings (SSSR count). The number of nitrogens with zero attached hydrogens (tertiary/aromatic N) is 5. The Morgan fingerprint density at radius 1 is 1.28 bits per heavy atom. The number of carbonyl (C=O) groups excluding carboxylic acids is 1. The molecule has 3 aromatic heterocycles. The number of ether oxygens (including phenoxy) is 1. The monoisotopic (exact) mass is 447 g/mol. The molecule has 1 unspecified atom stereocenters. The Kier molecular flexibility index (Phi) is 5.33. The lowest BCUT2D eigenvalue weighted by molar-refractivity contribution is -0.274. The molecule has 9 nitrogen and oxygen atoms in total. The highest BCUT2D eigenvalue weighted by molar-refractivity contribution is 5.98. The predicted molar refractivity (Wildman–Crippen MR) is 107 cm³/mol. The minimum Gasteiger partial charge on any atom is -0.406 e. The summed E-state index contributed by atoms with van der Waals surface area (Å²) in [7, 11) is 1.71. The van der Waals surface area contributed by atoms with Gasteiger partial charge in [0.2, 0.25) is 5.91 Å². The van der Waals surface area contributed by atoms with Crippen LogP contribution < -0.4 is 15.8 Å². The SMILES string of the molecule is Cn1cc(NC(=O)C(C)(N)c2nc(-c3cc(OC(F)(F)F)ccn3)nc3c2CCC3)cn1. The van der Waals surface area contributed by atoms with Gasteiger partial charge in [0.25, 0.3) is 0 Å². The van der Waals surface area contributed by atoms with Gasteiger partial charge in [0, 0.05) is 31.2 Å². The van der Waals surface area contributed by atoms with Crippen molar-refractivity contribution in [3.8, 4) is 17.3 Å². The van der Waals surface area contributed by atoms with Crippen LogP contribution in [0.5, 0.6) is 5.75 Å². The first kappa shape index (κ1) is 21.7. The number of anilines is 1. The Balaban J connectivity index is 1.72. The van der Waals surface area contributed by atoms with E-state index in [0.29, 0.717) is 29.9 Å². The summed E-state index contributed by atoms with van der Waals surface area (Å²) in [5.41, 5.74) is 7.22. The standard InChI is InChI=1S/C20H20F3N7O2/c1-19(24,18(31)27-11-9-26-30(2)10-11)16-13-4-3-5-14(13)28-17(29-16)15-8-12(6-7-25-15)32-20(21,22)23/h6-10H,3-5,24H2,1-2H3,(H,27,31). The second kappa shape index (κ2) is 7.86. The van der Waals surface area contributed by atoms with Crippen molar-refractivity contribution in [2.24, 2.45) is 12.8 Å². The highest BCUT2D eigenvalue weighted by atomic mass is 19.4. The van der Waals surface area contributed by atoms with Crippen molar-refractivity contribution in [3.05, 3.63) is 47.7 Å².